The van der Waals surface area contributed by atoms with Crippen molar-refractivity contribution in [2.24, 2.45) is 0 Å². The minimum Gasteiger partial charge on any atom is -0.444 e. The summed E-state index contributed by atoms with van der Waals surface area (Å²) in [5.74, 6) is 0. The number of unbranched alkanes of at least 4 members (excludes halogenated alkanes) is 1. The van der Waals surface area contributed by atoms with Crippen LogP contribution in [0, 0.1) is 0 Å². The third kappa shape index (κ3) is 7.45. The molecule has 0 aliphatic rings. The van der Waals surface area contributed by atoms with E-state index in [0.29, 0.717) is 18.6 Å². The minimum atomic E-state index is -5.07. The fraction of sp³-hybridized carbons (Fsp3) is 0.545. The number of ether oxygens (including phenoxy) is 1. The number of nitrogens with one attached hydrogen (secondary N) is 1. The van der Waals surface area contributed by atoms with Gasteiger partial charge in [0.1, 0.15) is 17.4 Å². The first-order chi connectivity index (χ1) is 15.5. The Morgan fingerprint density at radius 1 is 1.06 bits per heavy atom. The number of hydrogen-bond acceptors (Lipinski definition) is 5. The fourth-order valence-electron chi connectivity index (χ4n) is 3.24. The number of amides is 1. The maximum absolute atomic E-state index is 13.4. The molecule has 1 aromatic heterocycles. The molecule has 0 aliphatic heterocycles. The first-order valence-corrected chi connectivity index (χ1v) is 10.4. The molecule has 34 heavy (non-hydrogen) atoms. The number of aromatic nitrogens is 1. The van der Waals surface area contributed by atoms with Gasteiger partial charge in [-0.1, -0.05) is 12.1 Å². The van der Waals surface area contributed by atoms with Gasteiger partial charge in [-0.25, -0.2) is 9.78 Å². The van der Waals surface area contributed by atoms with Gasteiger partial charge in [0.15, 0.2) is 0 Å². The van der Waals surface area contributed by atoms with Crippen molar-refractivity contribution in [1.29, 1.82) is 0 Å². The Labute approximate surface area is 191 Å². The summed E-state index contributed by atoms with van der Waals surface area (Å²) < 4.78 is 85.0. The van der Waals surface area contributed by atoms with Gasteiger partial charge in [-0.15, -0.1) is 0 Å². The second-order valence-corrected chi connectivity index (χ2v) is 8.73. The van der Waals surface area contributed by atoms with Crippen LogP contribution in [0.25, 0.3) is 10.9 Å². The van der Waals surface area contributed by atoms with Gasteiger partial charge in [0.25, 0.3) is 0 Å². The van der Waals surface area contributed by atoms with Crippen LogP contribution in [0.2, 0.25) is 0 Å². The summed E-state index contributed by atoms with van der Waals surface area (Å²) in [5, 5.41) is 23.0. The molecular weight excluding hydrogens is 470 g/mol. The van der Waals surface area contributed by atoms with Crippen LogP contribution in [0.5, 0.6) is 0 Å². The summed E-state index contributed by atoms with van der Waals surface area (Å²) in [5.41, 5.74) is -5.15. The average molecular weight is 496 g/mol. The van der Waals surface area contributed by atoms with E-state index in [0.717, 1.165) is 12.1 Å². The summed E-state index contributed by atoms with van der Waals surface area (Å²) in [4.78, 5) is 14.7. The number of halogens is 6. The number of fused-ring (bicyclic) bond motifs is 1. The molecule has 2 atom stereocenters. The van der Waals surface area contributed by atoms with Crippen LogP contribution in [-0.2, 0) is 17.1 Å². The Bertz CT molecular complexity index is 1000. The van der Waals surface area contributed by atoms with Crippen LogP contribution < -0.4 is 5.32 Å². The van der Waals surface area contributed by atoms with Crippen molar-refractivity contribution >= 4 is 17.0 Å². The van der Waals surface area contributed by atoms with Crippen LogP contribution >= 0.6 is 0 Å². The topological polar surface area (TPSA) is 91.7 Å². The standard InChI is InChI=1S/C22H26F6N2O4/c1-20(2,3)34-19(33)29-10-5-4-9-15(31)18(32)13-11-16(22(26,27)28)30-17-12(13)7-6-8-14(17)21(23,24)25/h6-8,11,15,18,31-32H,4-5,9-10H2,1-3H3,(H,29,33)/t15-,18-/m0/s1. The predicted molar refractivity (Wildman–Crippen MR) is 111 cm³/mol. The Morgan fingerprint density at radius 3 is 2.26 bits per heavy atom. The van der Waals surface area contributed by atoms with Crippen molar-refractivity contribution in [2.75, 3.05) is 6.54 Å². The lowest BCUT2D eigenvalue weighted by Gasteiger charge is -2.22. The number of nitrogens with zero attached hydrogens (tertiary/aromatic N) is 1. The zero-order valence-electron chi connectivity index (χ0n) is 18.7. The Kier molecular flexibility index (Phi) is 8.41. The molecule has 0 aliphatic carbocycles. The number of alkyl halides is 6. The number of pyridine rings is 1. The zero-order chi connectivity index (χ0) is 25.9. The van der Waals surface area contributed by atoms with Crippen LogP contribution in [0.3, 0.4) is 0 Å². The summed E-state index contributed by atoms with van der Waals surface area (Å²) in [6, 6.07) is 3.14. The van der Waals surface area contributed by atoms with Gasteiger partial charge in [0.2, 0.25) is 0 Å². The number of carbonyl (C=O) groups excluding carboxylic acids is 1. The van der Waals surface area contributed by atoms with E-state index < -0.39 is 58.6 Å². The average Bonchev–Trinajstić information content (AvgIpc) is 2.68. The smallest absolute Gasteiger partial charge is 0.433 e. The summed E-state index contributed by atoms with van der Waals surface area (Å²) >= 11 is 0. The monoisotopic (exact) mass is 496 g/mol. The van der Waals surface area contributed by atoms with Crippen LogP contribution in [0.15, 0.2) is 24.3 Å². The highest BCUT2D eigenvalue weighted by molar-refractivity contribution is 5.86. The van der Waals surface area contributed by atoms with E-state index in [1.54, 1.807) is 20.8 Å². The molecule has 0 fully saturated rings. The van der Waals surface area contributed by atoms with Crippen molar-refractivity contribution in [2.45, 2.75) is 70.2 Å². The Balaban J connectivity index is 2.19. The minimum absolute atomic E-state index is 0.0820. The van der Waals surface area contributed by atoms with E-state index in [4.69, 9.17) is 4.74 Å². The molecule has 0 spiro atoms. The lowest BCUT2D eigenvalue weighted by molar-refractivity contribution is -0.142. The lowest BCUT2D eigenvalue weighted by Crippen LogP contribution is -2.33. The molecule has 12 heteroatoms. The van der Waals surface area contributed by atoms with Gasteiger partial charge in [0.05, 0.1) is 17.2 Å². The fourth-order valence-corrected chi connectivity index (χ4v) is 3.24. The summed E-state index contributed by atoms with van der Waals surface area (Å²) in [6.07, 6.45) is -13.6. The van der Waals surface area contributed by atoms with Crippen molar-refractivity contribution in [3.05, 3.63) is 41.1 Å². The third-order valence-corrected chi connectivity index (χ3v) is 4.75. The molecular formula is C22H26F6N2O4. The van der Waals surface area contributed by atoms with E-state index in [1.165, 1.54) is 0 Å². The van der Waals surface area contributed by atoms with Gasteiger partial charge < -0.3 is 20.3 Å². The first kappa shape index (κ1) is 27.6. The lowest BCUT2D eigenvalue weighted by atomic mass is 9.95. The highest BCUT2D eigenvalue weighted by atomic mass is 19.4. The zero-order valence-corrected chi connectivity index (χ0v) is 18.7. The molecule has 1 heterocycles. The number of benzene rings is 1. The molecule has 0 radical (unpaired) electrons. The largest absolute Gasteiger partial charge is 0.444 e. The number of carbonyl (C=O) groups is 1. The van der Waals surface area contributed by atoms with Gasteiger partial charge in [-0.3, -0.25) is 0 Å². The van der Waals surface area contributed by atoms with Gasteiger partial charge in [-0.2, -0.15) is 26.3 Å². The van der Waals surface area contributed by atoms with E-state index >= 15 is 0 Å². The Hall–Kier alpha value is -2.60. The van der Waals surface area contributed by atoms with Crippen molar-refractivity contribution in [3.8, 4) is 0 Å². The van der Waals surface area contributed by atoms with Crippen molar-refractivity contribution in [3.63, 3.8) is 0 Å². The van der Waals surface area contributed by atoms with E-state index in [2.05, 4.69) is 10.3 Å². The number of aliphatic hydroxyl groups excluding tert-OH is 2. The highest BCUT2D eigenvalue weighted by Crippen LogP contribution is 2.39. The molecule has 2 rings (SSSR count). The highest BCUT2D eigenvalue weighted by Gasteiger charge is 2.38. The van der Waals surface area contributed by atoms with Gasteiger partial charge in [0, 0.05) is 11.9 Å². The molecule has 0 bridgehead atoms. The molecule has 3 N–H and O–H groups in total. The van der Waals surface area contributed by atoms with E-state index in [-0.39, 0.29) is 24.8 Å². The third-order valence-electron chi connectivity index (χ3n) is 4.75. The number of para-hydroxylation sites is 1. The normalized spacial score (nSPS) is 14.7. The van der Waals surface area contributed by atoms with E-state index in [9.17, 15) is 41.4 Å². The van der Waals surface area contributed by atoms with Gasteiger partial charge in [-0.05, 0) is 57.7 Å². The van der Waals surface area contributed by atoms with Crippen LogP contribution in [-0.4, -0.2) is 39.5 Å². The molecule has 2 aromatic rings. The molecule has 0 saturated heterocycles. The number of alkyl carbamates (subject to hydrolysis) is 1. The number of rotatable bonds is 7. The summed E-state index contributed by atoms with van der Waals surface area (Å²) in [7, 11) is 0. The maximum Gasteiger partial charge on any atom is 0.433 e. The second kappa shape index (κ2) is 10.3. The summed E-state index contributed by atoms with van der Waals surface area (Å²) in [6.45, 7) is 5.25. The van der Waals surface area contributed by atoms with Crippen LogP contribution in [0.1, 0.15) is 63.0 Å². The maximum atomic E-state index is 13.4. The molecule has 0 unspecified atom stereocenters. The second-order valence-electron chi connectivity index (χ2n) is 8.73. The molecule has 6 nitrogen and oxygen atoms in total. The van der Waals surface area contributed by atoms with Gasteiger partial charge >= 0.3 is 18.4 Å². The molecule has 1 amide bonds. The molecule has 1 aromatic carbocycles. The molecule has 0 saturated carbocycles. The Morgan fingerprint density at radius 2 is 1.71 bits per heavy atom. The van der Waals surface area contributed by atoms with E-state index in [1.807, 2.05) is 0 Å². The number of aliphatic hydroxyl groups is 2. The predicted octanol–water partition coefficient (Wildman–Crippen LogP) is 5.36. The van der Waals surface area contributed by atoms with Crippen molar-refractivity contribution < 1.29 is 46.1 Å². The number of hydrogen-bond donors (Lipinski definition) is 3. The molecule has 190 valence electrons. The SMILES string of the molecule is CC(C)(C)OC(=O)NCCCC[C@H](O)[C@@H](O)c1cc(C(F)(F)F)nc2c(C(F)(F)F)cccc12. The first-order valence-electron chi connectivity index (χ1n) is 10.4. The van der Waals surface area contributed by atoms with Crippen molar-refractivity contribution in [1.82, 2.24) is 10.3 Å². The van der Waals surface area contributed by atoms with Crippen LogP contribution in [0.4, 0.5) is 31.1 Å². The quantitative estimate of drug-likeness (QED) is 0.355.